The Balaban J connectivity index is 3.30. The first kappa shape index (κ1) is 13.6. The molecule has 0 heterocycles. The molecule has 1 unspecified atom stereocenters. The average Bonchev–Trinajstić information content (AvgIpc) is 2.26. The van der Waals surface area contributed by atoms with Gasteiger partial charge in [0.1, 0.15) is 0 Å². The fourth-order valence-corrected chi connectivity index (χ4v) is 2.00. The second kappa shape index (κ2) is 4.83. The number of benzene rings is 1. The number of hydrogen-bond acceptors (Lipinski definition) is 3. The van der Waals surface area contributed by atoms with Crippen molar-refractivity contribution < 1.29 is 14.8 Å². The van der Waals surface area contributed by atoms with Crippen LogP contribution in [0.3, 0.4) is 0 Å². The molecule has 17 heavy (non-hydrogen) atoms. The summed E-state index contributed by atoms with van der Waals surface area (Å²) in [7, 11) is 0. The molecule has 1 aromatic carbocycles. The molecule has 1 N–H and O–H groups in total. The lowest BCUT2D eigenvalue weighted by Gasteiger charge is -2.23. The van der Waals surface area contributed by atoms with Crippen molar-refractivity contribution in [3.8, 4) is 0 Å². The molecule has 0 aromatic heterocycles. The van der Waals surface area contributed by atoms with Crippen LogP contribution in [0.5, 0.6) is 0 Å². The van der Waals surface area contributed by atoms with E-state index in [1.54, 1.807) is 13.8 Å². The normalized spacial score (nSPS) is 14.1. The van der Waals surface area contributed by atoms with E-state index in [2.05, 4.69) is 15.9 Å². The van der Waals surface area contributed by atoms with Gasteiger partial charge < -0.3 is 5.11 Å². The van der Waals surface area contributed by atoms with Crippen LogP contribution in [-0.4, -0.2) is 16.0 Å². The molecule has 0 saturated carbocycles. The summed E-state index contributed by atoms with van der Waals surface area (Å²) in [6, 6.07) is 4.30. The van der Waals surface area contributed by atoms with Crippen LogP contribution in [0.1, 0.15) is 25.8 Å². The van der Waals surface area contributed by atoms with E-state index in [-0.39, 0.29) is 5.69 Å². The average molecular weight is 302 g/mol. The Morgan fingerprint density at radius 1 is 1.59 bits per heavy atom. The Hall–Kier alpha value is -1.43. The number of carboxylic acid groups (broad SMARTS) is 1. The van der Waals surface area contributed by atoms with Crippen LogP contribution in [0.15, 0.2) is 22.7 Å². The van der Waals surface area contributed by atoms with Gasteiger partial charge in [-0.05, 0) is 40.9 Å². The van der Waals surface area contributed by atoms with Gasteiger partial charge in [0.05, 0.1) is 14.8 Å². The Kier molecular flexibility index (Phi) is 3.87. The van der Waals surface area contributed by atoms with Crippen LogP contribution in [0.25, 0.3) is 0 Å². The van der Waals surface area contributed by atoms with Crippen molar-refractivity contribution in [1.29, 1.82) is 0 Å². The van der Waals surface area contributed by atoms with Crippen molar-refractivity contribution in [3.63, 3.8) is 0 Å². The van der Waals surface area contributed by atoms with Crippen LogP contribution in [0.4, 0.5) is 5.69 Å². The van der Waals surface area contributed by atoms with Crippen molar-refractivity contribution in [3.05, 3.63) is 38.3 Å². The van der Waals surface area contributed by atoms with Crippen molar-refractivity contribution in [2.45, 2.75) is 25.7 Å². The summed E-state index contributed by atoms with van der Waals surface area (Å²) in [5, 5.41) is 19.9. The molecule has 5 nitrogen and oxygen atoms in total. The standard InChI is InChI=1S/C11H12BrNO4/c1-3-11(2,10(14)15)7-4-5-9(13(16)17)8(12)6-7/h4-6H,3H2,1-2H3,(H,14,15). The van der Waals surface area contributed by atoms with Gasteiger partial charge in [-0.1, -0.05) is 13.0 Å². The Bertz CT molecular complexity index is 475. The molecule has 1 atom stereocenters. The molecule has 0 spiro atoms. The zero-order valence-corrected chi connectivity index (χ0v) is 11.0. The summed E-state index contributed by atoms with van der Waals surface area (Å²) in [6.45, 7) is 3.37. The third kappa shape index (κ3) is 2.46. The van der Waals surface area contributed by atoms with Gasteiger partial charge in [0.25, 0.3) is 5.69 Å². The molecule has 0 radical (unpaired) electrons. The molecular formula is C11H12BrNO4. The third-order valence-electron chi connectivity index (χ3n) is 2.96. The molecule has 0 aliphatic carbocycles. The molecular weight excluding hydrogens is 290 g/mol. The largest absolute Gasteiger partial charge is 0.481 e. The third-order valence-corrected chi connectivity index (χ3v) is 3.60. The lowest BCUT2D eigenvalue weighted by atomic mass is 9.80. The molecule has 0 bridgehead atoms. The van der Waals surface area contributed by atoms with E-state index < -0.39 is 16.3 Å². The minimum absolute atomic E-state index is 0.0717. The molecule has 92 valence electrons. The van der Waals surface area contributed by atoms with Gasteiger partial charge in [0, 0.05) is 6.07 Å². The number of rotatable bonds is 4. The minimum Gasteiger partial charge on any atom is -0.481 e. The molecule has 0 aliphatic heterocycles. The number of nitro benzene ring substituents is 1. The Morgan fingerprint density at radius 2 is 2.18 bits per heavy atom. The summed E-state index contributed by atoms with van der Waals surface area (Å²) in [6.07, 6.45) is 0.409. The topological polar surface area (TPSA) is 80.4 Å². The fourth-order valence-electron chi connectivity index (χ4n) is 1.48. The second-order valence-corrected chi connectivity index (χ2v) is 4.77. The SMILES string of the molecule is CCC(C)(C(=O)O)c1ccc([N+](=O)[O-])c(Br)c1. The van der Waals surface area contributed by atoms with Gasteiger partial charge in [-0.25, -0.2) is 0 Å². The van der Waals surface area contributed by atoms with Crippen LogP contribution >= 0.6 is 15.9 Å². The van der Waals surface area contributed by atoms with Crippen LogP contribution < -0.4 is 0 Å². The highest BCUT2D eigenvalue weighted by atomic mass is 79.9. The second-order valence-electron chi connectivity index (χ2n) is 3.91. The number of aliphatic carboxylic acids is 1. The maximum absolute atomic E-state index is 11.2. The highest BCUT2D eigenvalue weighted by Crippen LogP contribution is 2.33. The molecule has 1 rings (SSSR count). The molecule has 1 aromatic rings. The van der Waals surface area contributed by atoms with Crippen LogP contribution in [0.2, 0.25) is 0 Å². The Labute approximate surface area is 107 Å². The zero-order valence-electron chi connectivity index (χ0n) is 9.44. The van der Waals surface area contributed by atoms with Crippen molar-refractivity contribution in [2.24, 2.45) is 0 Å². The molecule has 0 amide bonds. The van der Waals surface area contributed by atoms with E-state index in [0.717, 1.165) is 0 Å². The van der Waals surface area contributed by atoms with Gasteiger partial charge in [-0.15, -0.1) is 0 Å². The van der Waals surface area contributed by atoms with Crippen molar-refractivity contribution in [2.75, 3.05) is 0 Å². The first-order chi connectivity index (χ1) is 7.82. The molecule has 0 saturated heterocycles. The summed E-state index contributed by atoms with van der Waals surface area (Å²) < 4.78 is 0.293. The number of carboxylic acids is 1. The van der Waals surface area contributed by atoms with Crippen LogP contribution in [0, 0.1) is 10.1 Å². The fraction of sp³-hybridized carbons (Fsp3) is 0.364. The van der Waals surface area contributed by atoms with Crippen molar-refractivity contribution >= 4 is 27.6 Å². The summed E-state index contributed by atoms with van der Waals surface area (Å²) in [4.78, 5) is 21.4. The van der Waals surface area contributed by atoms with Gasteiger partial charge in [0.15, 0.2) is 0 Å². The first-order valence-electron chi connectivity index (χ1n) is 5.00. The summed E-state index contributed by atoms with van der Waals surface area (Å²) >= 11 is 3.08. The molecule has 0 fully saturated rings. The van der Waals surface area contributed by atoms with Gasteiger partial charge >= 0.3 is 5.97 Å². The first-order valence-corrected chi connectivity index (χ1v) is 5.80. The zero-order chi connectivity index (χ0) is 13.2. The van der Waals surface area contributed by atoms with E-state index in [4.69, 9.17) is 0 Å². The summed E-state index contributed by atoms with van der Waals surface area (Å²) in [5.74, 6) is -0.944. The lowest BCUT2D eigenvalue weighted by Crippen LogP contribution is -2.31. The van der Waals surface area contributed by atoms with E-state index in [1.165, 1.54) is 18.2 Å². The number of nitrogens with zero attached hydrogens (tertiary/aromatic N) is 1. The summed E-state index contributed by atoms with van der Waals surface area (Å²) in [5.41, 5.74) is -0.556. The highest BCUT2D eigenvalue weighted by molar-refractivity contribution is 9.10. The molecule has 0 aliphatic rings. The van der Waals surface area contributed by atoms with Gasteiger partial charge in [-0.3, -0.25) is 14.9 Å². The van der Waals surface area contributed by atoms with E-state index >= 15 is 0 Å². The van der Waals surface area contributed by atoms with E-state index in [0.29, 0.717) is 16.5 Å². The van der Waals surface area contributed by atoms with E-state index in [1.807, 2.05) is 0 Å². The Morgan fingerprint density at radius 3 is 2.53 bits per heavy atom. The maximum atomic E-state index is 11.2. The number of halogens is 1. The number of nitro groups is 1. The quantitative estimate of drug-likeness (QED) is 0.684. The predicted octanol–water partition coefficient (Wildman–Crippen LogP) is 3.11. The van der Waals surface area contributed by atoms with E-state index in [9.17, 15) is 20.0 Å². The number of hydrogen-bond donors (Lipinski definition) is 1. The highest BCUT2D eigenvalue weighted by Gasteiger charge is 2.34. The minimum atomic E-state index is -1.03. The van der Waals surface area contributed by atoms with Gasteiger partial charge in [-0.2, -0.15) is 0 Å². The lowest BCUT2D eigenvalue weighted by molar-refractivity contribution is -0.385. The smallest absolute Gasteiger partial charge is 0.313 e. The predicted molar refractivity (Wildman–Crippen MR) is 66.1 cm³/mol. The van der Waals surface area contributed by atoms with Crippen LogP contribution in [-0.2, 0) is 10.2 Å². The maximum Gasteiger partial charge on any atom is 0.313 e. The monoisotopic (exact) mass is 301 g/mol. The molecule has 6 heteroatoms. The number of carbonyl (C=O) groups is 1. The van der Waals surface area contributed by atoms with Crippen molar-refractivity contribution in [1.82, 2.24) is 0 Å². The van der Waals surface area contributed by atoms with Gasteiger partial charge in [0.2, 0.25) is 0 Å².